The Kier molecular flexibility index (Phi) is 5.04. The molecular weight excluding hydrogens is 272 g/mol. The van der Waals surface area contributed by atoms with E-state index in [-0.39, 0.29) is 0 Å². The molecule has 1 aromatic heterocycles. The number of hydrogen-bond acceptors (Lipinski definition) is 6. The minimum atomic E-state index is 0.599. The van der Waals surface area contributed by atoms with Gasteiger partial charge in [0.2, 0.25) is 0 Å². The summed E-state index contributed by atoms with van der Waals surface area (Å²) in [5.74, 6) is 0. The molecule has 0 bridgehead atoms. The van der Waals surface area contributed by atoms with Gasteiger partial charge in [-0.1, -0.05) is 12.1 Å². The van der Waals surface area contributed by atoms with E-state index < -0.39 is 0 Å². The molecule has 0 spiro atoms. The molecule has 6 heteroatoms. The Morgan fingerprint density at radius 1 is 0.810 bits per heavy atom. The lowest BCUT2D eigenvalue weighted by molar-refractivity contribution is 0.0123. The molecule has 0 unspecified atom stereocenters. The normalized spacial score (nSPS) is 19.1. The molecule has 0 aliphatic carbocycles. The Morgan fingerprint density at radius 3 is 2.10 bits per heavy atom. The summed E-state index contributed by atoms with van der Waals surface area (Å²) in [7, 11) is 0. The lowest BCUT2D eigenvalue weighted by Gasteiger charge is -2.21. The quantitative estimate of drug-likeness (QED) is 0.797. The van der Waals surface area contributed by atoms with Crippen LogP contribution >= 0.6 is 0 Å². The van der Waals surface area contributed by atoms with E-state index in [0.717, 1.165) is 24.2 Å². The van der Waals surface area contributed by atoms with E-state index in [2.05, 4.69) is 9.88 Å². The molecule has 2 heterocycles. The summed E-state index contributed by atoms with van der Waals surface area (Å²) in [6, 6.07) is 8.39. The average molecular weight is 292 g/mol. The molecule has 3 rings (SSSR count). The van der Waals surface area contributed by atoms with Gasteiger partial charge in [0.05, 0.1) is 39.6 Å². The highest BCUT2D eigenvalue weighted by Gasteiger charge is 2.14. The van der Waals surface area contributed by atoms with Gasteiger partial charge in [-0.25, -0.2) is 0 Å². The summed E-state index contributed by atoms with van der Waals surface area (Å²) in [6.07, 6.45) is 0. The Labute approximate surface area is 123 Å². The maximum Gasteiger partial charge on any atom is 0.298 e. The second kappa shape index (κ2) is 7.40. The molecule has 0 radical (unpaired) electrons. The Bertz CT molecular complexity index is 512. The van der Waals surface area contributed by atoms with Gasteiger partial charge in [0, 0.05) is 13.1 Å². The molecule has 6 nitrogen and oxygen atoms in total. The van der Waals surface area contributed by atoms with Crippen LogP contribution in [0.2, 0.25) is 0 Å². The van der Waals surface area contributed by atoms with Gasteiger partial charge < -0.3 is 23.5 Å². The molecule has 0 amide bonds. The van der Waals surface area contributed by atoms with Crippen LogP contribution in [0, 0.1) is 0 Å². The van der Waals surface area contributed by atoms with Crippen LogP contribution in [0.1, 0.15) is 0 Å². The zero-order valence-electron chi connectivity index (χ0n) is 12.0. The molecule has 1 aliphatic heterocycles. The molecule has 0 N–H and O–H groups in total. The fraction of sp³-hybridized carbons (Fsp3) is 0.533. The van der Waals surface area contributed by atoms with E-state index >= 15 is 0 Å². The number of benzene rings is 1. The molecule has 114 valence electrons. The Balaban J connectivity index is 1.69. The van der Waals surface area contributed by atoms with E-state index in [1.165, 1.54) is 0 Å². The van der Waals surface area contributed by atoms with Crippen molar-refractivity contribution in [2.24, 2.45) is 0 Å². The van der Waals surface area contributed by atoms with E-state index in [4.69, 9.17) is 18.6 Å². The third kappa shape index (κ3) is 3.93. The molecule has 21 heavy (non-hydrogen) atoms. The SMILES string of the molecule is c1ccc2oc(N3CCOCCOCCOCC3)nc2c1. The smallest absolute Gasteiger partial charge is 0.298 e. The molecule has 1 saturated heterocycles. The maximum absolute atomic E-state index is 5.81. The monoisotopic (exact) mass is 292 g/mol. The van der Waals surface area contributed by atoms with Crippen molar-refractivity contribution < 1.29 is 18.6 Å². The van der Waals surface area contributed by atoms with Crippen LogP contribution in [0.4, 0.5) is 6.01 Å². The van der Waals surface area contributed by atoms with Crippen LogP contribution in [0.3, 0.4) is 0 Å². The van der Waals surface area contributed by atoms with Gasteiger partial charge in [-0.3, -0.25) is 0 Å². The van der Waals surface area contributed by atoms with Crippen LogP contribution in [0.5, 0.6) is 0 Å². The lowest BCUT2D eigenvalue weighted by Crippen LogP contribution is -2.32. The van der Waals surface area contributed by atoms with E-state index in [1.54, 1.807) is 0 Å². The highest BCUT2D eigenvalue weighted by atomic mass is 16.5. The van der Waals surface area contributed by atoms with Crippen LogP contribution in [-0.2, 0) is 14.2 Å². The number of fused-ring (bicyclic) bond motifs is 1. The number of anilines is 1. The second-order valence-electron chi connectivity index (χ2n) is 4.79. The molecule has 0 saturated carbocycles. The number of rotatable bonds is 1. The average Bonchev–Trinajstić information content (AvgIpc) is 2.91. The third-order valence-corrected chi connectivity index (χ3v) is 3.31. The predicted molar refractivity (Wildman–Crippen MR) is 78.7 cm³/mol. The molecular formula is C15H20N2O4. The van der Waals surface area contributed by atoms with Crippen LogP contribution in [0.15, 0.2) is 28.7 Å². The standard InChI is InChI=1S/C15H20N2O4/c1-2-4-14-13(3-1)16-15(21-14)17-5-7-18-9-11-20-12-10-19-8-6-17/h1-4H,5-12H2. The largest absolute Gasteiger partial charge is 0.423 e. The van der Waals surface area contributed by atoms with Crippen molar-refractivity contribution in [1.29, 1.82) is 0 Å². The third-order valence-electron chi connectivity index (χ3n) is 3.31. The van der Waals surface area contributed by atoms with Gasteiger partial charge in [-0.15, -0.1) is 0 Å². The first-order chi connectivity index (χ1) is 10.4. The molecule has 1 aliphatic rings. The minimum absolute atomic E-state index is 0.599. The van der Waals surface area contributed by atoms with E-state index in [0.29, 0.717) is 45.7 Å². The number of para-hydroxylation sites is 2. The van der Waals surface area contributed by atoms with Gasteiger partial charge in [0.15, 0.2) is 5.58 Å². The number of hydrogen-bond donors (Lipinski definition) is 0. The first kappa shape index (κ1) is 14.3. The van der Waals surface area contributed by atoms with Gasteiger partial charge in [0.25, 0.3) is 6.01 Å². The Morgan fingerprint density at radius 2 is 1.43 bits per heavy atom. The molecule has 0 atom stereocenters. The van der Waals surface area contributed by atoms with Crippen molar-refractivity contribution in [1.82, 2.24) is 4.98 Å². The maximum atomic E-state index is 5.81. The van der Waals surface area contributed by atoms with Gasteiger partial charge in [-0.2, -0.15) is 4.98 Å². The van der Waals surface area contributed by atoms with Crippen molar-refractivity contribution >= 4 is 17.1 Å². The molecule has 1 aromatic carbocycles. The summed E-state index contributed by atoms with van der Waals surface area (Å²) in [5.41, 5.74) is 1.67. The Hall–Kier alpha value is -1.63. The van der Waals surface area contributed by atoms with Crippen molar-refractivity contribution in [3.63, 3.8) is 0 Å². The van der Waals surface area contributed by atoms with Crippen molar-refractivity contribution in [2.75, 3.05) is 57.6 Å². The zero-order chi connectivity index (χ0) is 14.3. The fourth-order valence-electron chi connectivity index (χ4n) is 2.19. The topological polar surface area (TPSA) is 57.0 Å². The molecule has 1 fully saturated rings. The van der Waals surface area contributed by atoms with Crippen molar-refractivity contribution in [3.8, 4) is 0 Å². The summed E-state index contributed by atoms with van der Waals surface area (Å²) >= 11 is 0. The minimum Gasteiger partial charge on any atom is -0.423 e. The van der Waals surface area contributed by atoms with Gasteiger partial charge >= 0.3 is 0 Å². The van der Waals surface area contributed by atoms with Crippen molar-refractivity contribution in [3.05, 3.63) is 24.3 Å². The number of nitrogens with zero attached hydrogens (tertiary/aromatic N) is 2. The van der Waals surface area contributed by atoms with Crippen LogP contribution in [-0.4, -0.2) is 57.7 Å². The second-order valence-corrected chi connectivity index (χ2v) is 4.79. The predicted octanol–water partition coefficient (Wildman–Crippen LogP) is 1.70. The highest BCUT2D eigenvalue weighted by Crippen LogP contribution is 2.21. The summed E-state index contributed by atoms with van der Waals surface area (Å²) in [6.45, 7) is 5.07. The number of oxazole rings is 1. The first-order valence-electron chi connectivity index (χ1n) is 7.27. The van der Waals surface area contributed by atoms with E-state index in [1.807, 2.05) is 24.3 Å². The van der Waals surface area contributed by atoms with Gasteiger partial charge in [-0.05, 0) is 12.1 Å². The van der Waals surface area contributed by atoms with Gasteiger partial charge in [0.1, 0.15) is 5.52 Å². The summed E-state index contributed by atoms with van der Waals surface area (Å²) in [4.78, 5) is 6.59. The molecule has 2 aromatic rings. The van der Waals surface area contributed by atoms with Crippen LogP contribution in [0.25, 0.3) is 11.1 Å². The summed E-state index contributed by atoms with van der Waals surface area (Å²) in [5, 5.41) is 0. The number of aromatic nitrogens is 1. The number of ether oxygens (including phenoxy) is 3. The zero-order valence-corrected chi connectivity index (χ0v) is 12.0. The lowest BCUT2D eigenvalue weighted by atomic mass is 10.3. The van der Waals surface area contributed by atoms with E-state index in [9.17, 15) is 0 Å². The first-order valence-corrected chi connectivity index (χ1v) is 7.27. The highest BCUT2D eigenvalue weighted by molar-refractivity contribution is 5.74. The van der Waals surface area contributed by atoms with Crippen molar-refractivity contribution in [2.45, 2.75) is 0 Å². The fourth-order valence-corrected chi connectivity index (χ4v) is 2.19. The summed E-state index contributed by atoms with van der Waals surface area (Å²) < 4.78 is 22.3. The van der Waals surface area contributed by atoms with Crippen LogP contribution < -0.4 is 4.90 Å².